The summed E-state index contributed by atoms with van der Waals surface area (Å²) in [6.45, 7) is 1.93. The number of nitrogens with one attached hydrogen (secondary N) is 1. The number of amides is 1. The molecular weight excluding hydrogens is 503 g/mol. The van der Waals surface area contributed by atoms with E-state index in [2.05, 4.69) is 15.4 Å². The third-order valence-electron chi connectivity index (χ3n) is 5.70. The van der Waals surface area contributed by atoms with Crippen LogP contribution in [0.1, 0.15) is 23.6 Å². The molecule has 12 heteroatoms. The molecular formula is C23H17ClF3N5O2S. The maximum absolute atomic E-state index is 13.3. The zero-order valence-corrected chi connectivity index (χ0v) is 19.7. The Morgan fingerprint density at radius 1 is 1.26 bits per heavy atom. The number of nitrogens with zero attached hydrogens (tertiary/aromatic N) is 4. The number of carbonyl (C=O) groups excluding carboxylic acids is 1. The lowest BCUT2D eigenvalue weighted by Gasteiger charge is -2.15. The first-order valence-electron chi connectivity index (χ1n) is 10.5. The molecule has 2 aromatic carbocycles. The van der Waals surface area contributed by atoms with Crippen LogP contribution in [0.2, 0.25) is 5.02 Å². The van der Waals surface area contributed by atoms with Gasteiger partial charge < -0.3 is 5.32 Å². The lowest BCUT2D eigenvalue weighted by Crippen LogP contribution is -2.28. The molecule has 1 aliphatic rings. The minimum absolute atomic E-state index is 0.0169. The Morgan fingerprint density at radius 2 is 2.03 bits per heavy atom. The fourth-order valence-corrected chi connectivity index (χ4v) is 5.27. The minimum atomic E-state index is -4.57. The normalized spacial score (nSPS) is 15.4. The first kappa shape index (κ1) is 23.4. The molecule has 0 saturated heterocycles. The standard InChI is InChI=1S/C23H17ClF3N5O2S/c1-12-4-2-3-5-18(12)32-20-15(10-28-32)21(34)31-14(11-35-22(31)30-20)9-19(33)29-17-8-13(23(25,26)27)6-7-16(17)24/h2-8,10,14H,9,11H2,1H3,(H,29,33). The predicted molar refractivity (Wildman–Crippen MR) is 127 cm³/mol. The van der Waals surface area contributed by atoms with Gasteiger partial charge in [-0.05, 0) is 36.8 Å². The monoisotopic (exact) mass is 519 g/mol. The summed E-state index contributed by atoms with van der Waals surface area (Å²) in [5.74, 6) is -0.150. The van der Waals surface area contributed by atoms with Gasteiger partial charge in [-0.3, -0.25) is 14.2 Å². The smallest absolute Gasteiger partial charge is 0.325 e. The Kier molecular flexibility index (Phi) is 5.84. The summed E-state index contributed by atoms with van der Waals surface area (Å²) in [6.07, 6.45) is -3.25. The Morgan fingerprint density at radius 3 is 2.77 bits per heavy atom. The van der Waals surface area contributed by atoms with Crippen LogP contribution in [0.4, 0.5) is 18.9 Å². The number of hydrogen-bond donors (Lipinski definition) is 1. The zero-order valence-electron chi connectivity index (χ0n) is 18.1. The number of aromatic nitrogens is 4. The Labute approximate surface area is 205 Å². The molecule has 180 valence electrons. The molecule has 1 unspecified atom stereocenters. The van der Waals surface area contributed by atoms with Crippen LogP contribution < -0.4 is 10.9 Å². The van der Waals surface area contributed by atoms with Crippen molar-refractivity contribution in [1.82, 2.24) is 19.3 Å². The number of carbonyl (C=O) groups is 1. The average Bonchev–Trinajstić information content (AvgIpc) is 3.40. The minimum Gasteiger partial charge on any atom is -0.325 e. The molecule has 1 N–H and O–H groups in total. The van der Waals surface area contributed by atoms with Crippen molar-refractivity contribution in [2.45, 2.75) is 30.7 Å². The number of para-hydroxylation sites is 1. The summed E-state index contributed by atoms with van der Waals surface area (Å²) >= 11 is 7.31. The van der Waals surface area contributed by atoms with Gasteiger partial charge in [-0.25, -0.2) is 9.67 Å². The molecule has 0 spiro atoms. The fraction of sp³-hybridized carbons (Fsp3) is 0.217. The molecule has 3 heterocycles. The number of aryl methyl sites for hydroxylation is 1. The summed E-state index contributed by atoms with van der Waals surface area (Å²) < 4.78 is 42.1. The number of rotatable bonds is 4. The van der Waals surface area contributed by atoms with Gasteiger partial charge in [-0.2, -0.15) is 18.3 Å². The van der Waals surface area contributed by atoms with E-state index in [4.69, 9.17) is 11.6 Å². The molecule has 0 aliphatic carbocycles. The molecule has 0 fully saturated rings. The van der Waals surface area contributed by atoms with Gasteiger partial charge in [0.05, 0.1) is 34.2 Å². The van der Waals surface area contributed by atoms with E-state index < -0.39 is 23.7 Å². The van der Waals surface area contributed by atoms with Crippen LogP contribution in [-0.4, -0.2) is 31.0 Å². The predicted octanol–water partition coefficient (Wildman–Crippen LogP) is 5.24. The Hall–Kier alpha value is -3.31. The second-order valence-corrected chi connectivity index (χ2v) is 9.45. The highest BCUT2D eigenvalue weighted by Gasteiger charge is 2.32. The molecule has 4 aromatic rings. The SMILES string of the molecule is Cc1ccccc1-n1ncc2c(=O)n3c(nc21)SCC3CC(=O)Nc1cc(C(F)(F)F)ccc1Cl. The number of hydrogen-bond acceptors (Lipinski definition) is 5. The van der Waals surface area contributed by atoms with Crippen LogP contribution in [0.15, 0.2) is 58.6 Å². The average molecular weight is 520 g/mol. The zero-order chi connectivity index (χ0) is 24.9. The summed E-state index contributed by atoms with van der Waals surface area (Å²) in [4.78, 5) is 30.6. The van der Waals surface area contributed by atoms with Crippen LogP contribution >= 0.6 is 23.4 Å². The van der Waals surface area contributed by atoms with Crippen LogP contribution in [0.25, 0.3) is 16.7 Å². The van der Waals surface area contributed by atoms with Crippen molar-refractivity contribution in [2.24, 2.45) is 0 Å². The van der Waals surface area contributed by atoms with Gasteiger partial charge in [-0.15, -0.1) is 0 Å². The van der Waals surface area contributed by atoms with Gasteiger partial charge >= 0.3 is 6.18 Å². The molecule has 0 saturated carbocycles. The van der Waals surface area contributed by atoms with Gasteiger partial charge in [0.2, 0.25) is 5.91 Å². The highest BCUT2D eigenvalue weighted by Crippen LogP contribution is 2.36. The number of halogens is 4. The molecule has 2 aromatic heterocycles. The van der Waals surface area contributed by atoms with Crippen LogP contribution in [0.5, 0.6) is 0 Å². The number of alkyl halides is 3. The topological polar surface area (TPSA) is 81.8 Å². The number of anilines is 1. The third kappa shape index (κ3) is 4.30. The third-order valence-corrected chi connectivity index (χ3v) is 7.13. The summed E-state index contributed by atoms with van der Waals surface area (Å²) in [7, 11) is 0. The van der Waals surface area contributed by atoms with Crippen molar-refractivity contribution in [1.29, 1.82) is 0 Å². The molecule has 1 aliphatic heterocycles. The second-order valence-electron chi connectivity index (χ2n) is 8.06. The van der Waals surface area contributed by atoms with Crippen LogP contribution in [0.3, 0.4) is 0 Å². The van der Waals surface area contributed by atoms with Crippen molar-refractivity contribution in [3.63, 3.8) is 0 Å². The second kappa shape index (κ2) is 8.72. The van der Waals surface area contributed by atoms with Crippen molar-refractivity contribution in [3.05, 3.63) is 75.2 Å². The van der Waals surface area contributed by atoms with Crippen LogP contribution in [-0.2, 0) is 11.0 Å². The van der Waals surface area contributed by atoms with Gasteiger partial charge in [0, 0.05) is 12.2 Å². The Balaban J connectivity index is 1.43. The molecule has 0 radical (unpaired) electrons. The van der Waals surface area contributed by atoms with Crippen molar-refractivity contribution >= 4 is 46.0 Å². The van der Waals surface area contributed by atoms with E-state index in [1.165, 1.54) is 22.5 Å². The first-order chi connectivity index (χ1) is 16.6. The summed E-state index contributed by atoms with van der Waals surface area (Å²) in [6, 6.07) is 9.78. The van der Waals surface area contributed by atoms with E-state index in [-0.39, 0.29) is 22.7 Å². The van der Waals surface area contributed by atoms with E-state index >= 15 is 0 Å². The molecule has 5 rings (SSSR count). The Bertz CT molecular complexity index is 1530. The van der Waals surface area contributed by atoms with Gasteiger partial charge in [0.15, 0.2) is 10.8 Å². The number of benzene rings is 2. The van der Waals surface area contributed by atoms with E-state index in [9.17, 15) is 22.8 Å². The first-order valence-corrected chi connectivity index (χ1v) is 11.9. The number of thioether (sulfide) groups is 1. The van der Waals surface area contributed by atoms with Crippen molar-refractivity contribution in [3.8, 4) is 5.69 Å². The van der Waals surface area contributed by atoms with Crippen molar-refractivity contribution in [2.75, 3.05) is 11.1 Å². The van der Waals surface area contributed by atoms with E-state index in [1.807, 2.05) is 31.2 Å². The quantitative estimate of drug-likeness (QED) is 0.373. The summed E-state index contributed by atoms with van der Waals surface area (Å²) in [5.41, 5.74) is 0.797. The molecule has 1 atom stereocenters. The molecule has 7 nitrogen and oxygen atoms in total. The maximum Gasteiger partial charge on any atom is 0.416 e. The maximum atomic E-state index is 13.3. The lowest BCUT2D eigenvalue weighted by atomic mass is 10.1. The molecule has 0 bridgehead atoms. The highest BCUT2D eigenvalue weighted by molar-refractivity contribution is 7.99. The highest BCUT2D eigenvalue weighted by atomic mass is 35.5. The van der Waals surface area contributed by atoms with E-state index in [1.54, 1.807) is 4.68 Å². The van der Waals surface area contributed by atoms with Gasteiger partial charge in [0.1, 0.15) is 5.39 Å². The molecule has 35 heavy (non-hydrogen) atoms. The van der Waals surface area contributed by atoms with Crippen LogP contribution in [0, 0.1) is 6.92 Å². The van der Waals surface area contributed by atoms with Gasteiger partial charge in [0.25, 0.3) is 5.56 Å². The van der Waals surface area contributed by atoms with E-state index in [0.717, 1.165) is 29.4 Å². The van der Waals surface area contributed by atoms with Crippen molar-refractivity contribution < 1.29 is 18.0 Å². The summed E-state index contributed by atoms with van der Waals surface area (Å²) in [5, 5.41) is 7.54. The van der Waals surface area contributed by atoms with E-state index in [0.29, 0.717) is 21.9 Å². The van der Waals surface area contributed by atoms with Gasteiger partial charge in [-0.1, -0.05) is 41.6 Å². The fourth-order valence-electron chi connectivity index (χ4n) is 3.97. The largest absolute Gasteiger partial charge is 0.416 e. The lowest BCUT2D eigenvalue weighted by molar-refractivity contribution is -0.137. The number of fused-ring (bicyclic) bond motifs is 2. The molecule has 1 amide bonds.